The van der Waals surface area contributed by atoms with Gasteiger partial charge < -0.3 is 30.5 Å². The van der Waals surface area contributed by atoms with Crippen molar-refractivity contribution in [2.24, 2.45) is 0 Å². The minimum absolute atomic E-state index is 0.190. The van der Waals surface area contributed by atoms with Gasteiger partial charge in [-0.2, -0.15) is 0 Å². The zero-order valence-corrected chi connectivity index (χ0v) is 8.91. The first-order valence-corrected chi connectivity index (χ1v) is 5.11. The molecule has 0 aromatic heterocycles. The Bertz CT molecular complexity index is 248. The lowest BCUT2D eigenvalue weighted by Crippen LogP contribution is -2.64. The van der Waals surface area contributed by atoms with Gasteiger partial charge in [0.15, 0.2) is 6.29 Å². The van der Waals surface area contributed by atoms with Crippen LogP contribution < -0.4 is 5.32 Å². The van der Waals surface area contributed by atoms with Crippen molar-refractivity contribution in [3.05, 3.63) is 0 Å². The molecule has 4 unspecified atom stereocenters. The molecule has 1 fully saturated rings. The molecule has 5 atom stereocenters. The number of carbonyl (C=O) groups excluding carboxylic acids is 1. The Morgan fingerprint density at radius 1 is 1.31 bits per heavy atom. The molecule has 0 radical (unpaired) electrons. The summed E-state index contributed by atoms with van der Waals surface area (Å²) in [6.07, 6.45) is -5.05. The maximum absolute atomic E-state index is 11.1. The second-order valence-electron chi connectivity index (χ2n) is 3.68. The third-order valence-electron chi connectivity index (χ3n) is 2.55. The number of rotatable bonds is 3. The maximum Gasteiger partial charge on any atom is 0.220 e. The van der Waals surface area contributed by atoms with Gasteiger partial charge in [0.2, 0.25) is 5.91 Å². The lowest BCUT2D eigenvalue weighted by atomic mass is 9.97. The molecule has 1 aliphatic rings. The predicted octanol–water partition coefficient (Wildman–Crippen LogP) is -2.69. The van der Waals surface area contributed by atoms with E-state index >= 15 is 0 Å². The van der Waals surface area contributed by atoms with E-state index < -0.39 is 37.3 Å². The highest BCUT2D eigenvalue weighted by Crippen LogP contribution is 2.19. The number of ether oxygens (including phenoxy) is 1. The fraction of sp³-hybridized carbons (Fsp3) is 0.889. The minimum atomic E-state index is -1.45. The molecular weight excluding hydrogens is 218 g/mol. The van der Waals surface area contributed by atoms with Gasteiger partial charge in [-0.1, -0.05) is 6.92 Å². The highest BCUT2D eigenvalue weighted by Gasteiger charge is 2.44. The molecular formula is C9H17NO6. The molecule has 1 aliphatic heterocycles. The third kappa shape index (κ3) is 2.69. The Hall–Kier alpha value is -0.730. The van der Waals surface area contributed by atoms with E-state index in [0.717, 1.165) is 0 Å². The Morgan fingerprint density at radius 2 is 1.94 bits per heavy atom. The van der Waals surface area contributed by atoms with E-state index in [1.807, 2.05) is 0 Å². The van der Waals surface area contributed by atoms with E-state index in [2.05, 4.69) is 5.32 Å². The summed E-state index contributed by atoms with van der Waals surface area (Å²) >= 11 is 0. The SMILES string of the molecule is CCC(=O)NC1C(O)OC(CO)[C@@H](O)C1O. The van der Waals surface area contributed by atoms with Gasteiger partial charge in [-0.25, -0.2) is 0 Å². The minimum Gasteiger partial charge on any atom is -0.394 e. The van der Waals surface area contributed by atoms with Crippen LogP contribution in [0.2, 0.25) is 0 Å². The monoisotopic (exact) mass is 235 g/mol. The van der Waals surface area contributed by atoms with Crippen molar-refractivity contribution in [3.8, 4) is 0 Å². The Morgan fingerprint density at radius 3 is 2.44 bits per heavy atom. The fourth-order valence-corrected chi connectivity index (χ4v) is 1.54. The van der Waals surface area contributed by atoms with Gasteiger partial charge in [-0.15, -0.1) is 0 Å². The Balaban J connectivity index is 2.67. The average Bonchev–Trinajstić information content (AvgIpc) is 2.28. The van der Waals surface area contributed by atoms with Gasteiger partial charge in [0.05, 0.1) is 6.61 Å². The van der Waals surface area contributed by atoms with Crippen molar-refractivity contribution in [2.45, 2.75) is 44.0 Å². The van der Waals surface area contributed by atoms with Crippen LogP contribution in [0.15, 0.2) is 0 Å². The van der Waals surface area contributed by atoms with Gasteiger partial charge in [-0.3, -0.25) is 4.79 Å². The lowest BCUT2D eigenvalue weighted by molar-refractivity contribution is -0.253. The van der Waals surface area contributed by atoms with Gasteiger partial charge in [0, 0.05) is 6.42 Å². The average molecular weight is 235 g/mol. The van der Waals surface area contributed by atoms with Crippen molar-refractivity contribution in [1.29, 1.82) is 0 Å². The summed E-state index contributed by atoms with van der Waals surface area (Å²) in [7, 11) is 0. The van der Waals surface area contributed by atoms with Gasteiger partial charge in [0.25, 0.3) is 0 Å². The Labute approximate surface area is 92.7 Å². The van der Waals surface area contributed by atoms with Crippen molar-refractivity contribution in [2.75, 3.05) is 6.61 Å². The quantitative estimate of drug-likeness (QED) is 0.363. The summed E-state index contributed by atoms with van der Waals surface area (Å²) in [5.74, 6) is -0.374. The molecule has 16 heavy (non-hydrogen) atoms. The lowest BCUT2D eigenvalue weighted by Gasteiger charge is -2.40. The number of nitrogens with one attached hydrogen (secondary N) is 1. The Kier molecular flexibility index (Phi) is 4.63. The van der Waals surface area contributed by atoms with E-state index in [-0.39, 0.29) is 12.3 Å². The number of hydrogen-bond donors (Lipinski definition) is 5. The standard InChI is InChI=1S/C9H17NO6/c1-2-5(12)10-6-8(14)7(13)4(3-11)16-9(6)15/h4,6-9,11,13-15H,2-3H2,1H3,(H,10,12)/t4?,6?,7-,8?,9?/m1/s1. The molecule has 7 nitrogen and oxygen atoms in total. The molecule has 0 aliphatic carbocycles. The van der Waals surface area contributed by atoms with Crippen molar-refractivity contribution in [3.63, 3.8) is 0 Å². The summed E-state index contributed by atoms with van der Waals surface area (Å²) in [5, 5.41) is 39.8. The first kappa shape index (κ1) is 13.3. The topological polar surface area (TPSA) is 119 Å². The smallest absolute Gasteiger partial charge is 0.220 e. The number of amides is 1. The summed E-state index contributed by atoms with van der Waals surface area (Å²) in [4.78, 5) is 11.1. The number of aliphatic hydroxyl groups is 4. The highest BCUT2D eigenvalue weighted by atomic mass is 16.6. The zero-order chi connectivity index (χ0) is 12.3. The van der Waals surface area contributed by atoms with Crippen LogP contribution in [0.3, 0.4) is 0 Å². The first-order chi connectivity index (χ1) is 7.51. The molecule has 7 heteroatoms. The molecule has 94 valence electrons. The molecule has 1 rings (SSSR count). The van der Waals surface area contributed by atoms with E-state index in [4.69, 9.17) is 9.84 Å². The summed E-state index contributed by atoms with van der Waals surface area (Å²) < 4.78 is 4.86. The van der Waals surface area contributed by atoms with Gasteiger partial charge >= 0.3 is 0 Å². The number of carbonyl (C=O) groups is 1. The largest absolute Gasteiger partial charge is 0.394 e. The van der Waals surface area contributed by atoms with Crippen LogP contribution >= 0.6 is 0 Å². The van der Waals surface area contributed by atoms with E-state index in [1.165, 1.54) is 0 Å². The van der Waals surface area contributed by atoms with Crippen LogP contribution in [0, 0.1) is 0 Å². The molecule has 1 saturated heterocycles. The van der Waals surface area contributed by atoms with Crippen molar-refractivity contribution in [1.82, 2.24) is 5.32 Å². The molecule has 1 heterocycles. The van der Waals surface area contributed by atoms with Crippen molar-refractivity contribution < 1.29 is 30.0 Å². The van der Waals surface area contributed by atoms with Crippen LogP contribution in [-0.2, 0) is 9.53 Å². The molecule has 5 N–H and O–H groups in total. The molecule has 0 spiro atoms. The number of aliphatic hydroxyl groups excluding tert-OH is 4. The summed E-state index contributed by atoms with van der Waals surface area (Å²) in [6.45, 7) is 1.09. The molecule has 0 saturated carbocycles. The normalized spacial score (nSPS) is 39.4. The van der Waals surface area contributed by atoms with Crippen LogP contribution in [0.4, 0.5) is 0 Å². The van der Waals surface area contributed by atoms with Gasteiger partial charge in [-0.05, 0) is 0 Å². The second-order valence-corrected chi connectivity index (χ2v) is 3.68. The molecule has 0 aromatic carbocycles. The van der Waals surface area contributed by atoms with Crippen LogP contribution in [0.1, 0.15) is 13.3 Å². The molecule has 0 bridgehead atoms. The second kappa shape index (κ2) is 5.55. The molecule has 1 amide bonds. The molecule has 0 aromatic rings. The van der Waals surface area contributed by atoms with Crippen LogP contribution in [-0.4, -0.2) is 63.6 Å². The van der Waals surface area contributed by atoms with Crippen molar-refractivity contribution >= 4 is 5.91 Å². The number of hydrogen-bond acceptors (Lipinski definition) is 6. The van der Waals surface area contributed by atoms with Crippen LogP contribution in [0.25, 0.3) is 0 Å². The predicted molar refractivity (Wildman–Crippen MR) is 52.2 cm³/mol. The first-order valence-electron chi connectivity index (χ1n) is 5.11. The fourth-order valence-electron chi connectivity index (χ4n) is 1.54. The van der Waals surface area contributed by atoms with Gasteiger partial charge in [0.1, 0.15) is 24.4 Å². The van der Waals surface area contributed by atoms with E-state index in [0.29, 0.717) is 0 Å². The summed E-state index contributed by atoms with van der Waals surface area (Å²) in [5.41, 5.74) is 0. The zero-order valence-electron chi connectivity index (χ0n) is 8.91. The summed E-state index contributed by atoms with van der Waals surface area (Å²) in [6, 6.07) is -1.09. The third-order valence-corrected chi connectivity index (χ3v) is 2.55. The highest BCUT2D eigenvalue weighted by molar-refractivity contribution is 5.76. The van der Waals surface area contributed by atoms with Crippen LogP contribution in [0.5, 0.6) is 0 Å². The maximum atomic E-state index is 11.1. The van der Waals surface area contributed by atoms with E-state index in [1.54, 1.807) is 6.92 Å². The van der Waals surface area contributed by atoms with E-state index in [9.17, 15) is 20.1 Å².